The van der Waals surface area contributed by atoms with E-state index in [1.165, 1.54) is 0 Å². The van der Waals surface area contributed by atoms with Crippen LogP contribution in [0.15, 0.2) is 0 Å². The molecule has 0 saturated carbocycles. The Balaban J connectivity index is 5.36. The predicted octanol–water partition coefficient (Wildman–Crippen LogP) is 3.08. The van der Waals surface area contributed by atoms with Crippen molar-refractivity contribution < 1.29 is 19.8 Å². The van der Waals surface area contributed by atoms with Gasteiger partial charge in [-0.1, -0.05) is 79.1 Å². The largest absolute Gasteiger partial charge is 0.550 e. The molecule has 0 aliphatic rings. The van der Waals surface area contributed by atoms with Crippen LogP contribution < -0.4 is 10.2 Å². The SMILES string of the molecule is CCCCC(CC)CC(CC(=O)[O-])(CC(CC)CCCC)C(=O)[O-]. The number of carbonyl (C=O) groups excluding carboxylic acids is 2. The minimum atomic E-state index is -1.29. The highest BCUT2D eigenvalue weighted by Gasteiger charge is 2.36. The minimum Gasteiger partial charge on any atom is -0.550 e. The molecular weight excluding hydrogens is 304 g/mol. The second-order valence-electron chi connectivity index (χ2n) is 7.36. The molecule has 0 aliphatic heterocycles. The third-order valence-corrected chi connectivity index (χ3v) is 5.36. The molecule has 0 fully saturated rings. The van der Waals surface area contributed by atoms with Gasteiger partial charge in [0, 0.05) is 17.4 Å². The third-order valence-electron chi connectivity index (χ3n) is 5.36. The molecular formula is C20H36O4-2. The van der Waals surface area contributed by atoms with Crippen LogP contribution in [0.4, 0.5) is 0 Å². The maximum Gasteiger partial charge on any atom is 0.0480 e. The second kappa shape index (κ2) is 12.3. The fraction of sp³-hybridized carbons (Fsp3) is 0.900. The summed E-state index contributed by atoms with van der Waals surface area (Å²) in [6.45, 7) is 8.32. The van der Waals surface area contributed by atoms with Crippen molar-refractivity contribution in [1.29, 1.82) is 0 Å². The minimum absolute atomic E-state index is 0.228. The van der Waals surface area contributed by atoms with Crippen LogP contribution in [0.2, 0.25) is 0 Å². The predicted molar refractivity (Wildman–Crippen MR) is 92.9 cm³/mol. The van der Waals surface area contributed by atoms with E-state index in [1.807, 2.05) is 13.8 Å². The van der Waals surface area contributed by atoms with Gasteiger partial charge in [-0.2, -0.15) is 0 Å². The standard InChI is InChI=1S/C20H38O4/c1-5-9-11-16(7-3)13-20(19(23)24,15-18(21)22)14-17(8-4)12-10-6-2/h16-17H,5-15H2,1-4H3,(H,21,22)(H,23,24)/p-2. The average Bonchev–Trinajstić information content (AvgIpc) is 2.54. The molecule has 0 heterocycles. The molecule has 0 spiro atoms. The Kier molecular flexibility index (Phi) is 11.8. The first-order valence-electron chi connectivity index (χ1n) is 9.76. The lowest BCUT2D eigenvalue weighted by Gasteiger charge is -2.40. The molecule has 24 heavy (non-hydrogen) atoms. The topological polar surface area (TPSA) is 80.3 Å². The fourth-order valence-electron chi connectivity index (χ4n) is 3.73. The summed E-state index contributed by atoms with van der Waals surface area (Å²) in [5, 5.41) is 23.3. The van der Waals surface area contributed by atoms with E-state index in [1.54, 1.807) is 0 Å². The van der Waals surface area contributed by atoms with E-state index in [2.05, 4.69) is 13.8 Å². The summed E-state index contributed by atoms with van der Waals surface area (Å²) in [5.41, 5.74) is -1.29. The lowest BCUT2D eigenvalue weighted by Crippen LogP contribution is -2.48. The maximum absolute atomic E-state index is 12.0. The van der Waals surface area contributed by atoms with Crippen LogP contribution in [0.1, 0.15) is 98.3 Å². The van der Waals surface area contributed by atoms with Crippen molar-refractivity contribution in [3.63, 3.8) is 0 Å². The molecule has 0 N–H and O–H groups in total. The number of unbranched alkanes of at least 4 members (excludes halogenated alkanes) is 2. The Morgan fingerprint density at radius 2 is 1.25 bits per heavy atom. The smallest absolute Gasteiger partial charge is 0.0480 e. The lowest BCUT2D eigenvalue weighted by molar-refractivity contribution is -0.330. The molecule has 0 aromatic carbocycles. The van der Waals surface area contributed by atoms with E-state index >= 15 is 0 Å². The van der Waals surface area contributed by atoms with Crippen LogP contribution in [-0.4, -0.2) is 11.9 Å². The highest BCUT2D eigenvalue weighted by atomic mass is 16.4. The highest BCUT2D eigenvalue weighted by molar-refractivity contribution is 5.79. The van der Waals surface area contributed by atoms with E-state index in [0.717, 1.165) is 51.4 Å². The molecule has 0 aromatic rings. The number of hydrogen-bond acceptors (Lipinski definition) is 4. The lowest BCUT2D eigenvalue weighted by atomic mass is 9.68. The van der Waals surface area contributed by atoms with Crippen LogP contribution in [-0.2, 0) is 9.59 Å². The van der Waals surface area contributed by atoms with Crippen molar-refractivity contribution in [3.05, 3.63) is 0 Å². The molecule has 0 aliphatic carbocycles. The number of rotatable bonds is 15. The normalized spacial score (nSPS) is 16.3. The van der Waals surface area contributed by atoms with Crippen LogP contribution in [0.5, 0.6) is 0 Å². The van der Waals surface area contributed by atoms with E-state index in [9.17, 15) is 19.8 Å². The van der Waals surface area contributed by atoms with Gasteiger partial charge in [0.2, 0.25) is 0 Å². The molecule has 0 saturated heterocycles. The highest BCUT2D eigenvalue weighted by Crippen LogP contribution is 2.41. The number of carbonyl (C=O) groups is 2. The summed E-state index contributed by atoms with van der Waals surface area (Å²) in [6.07, 6.45) is 8.18. The molecule has 0 aromatic heterocycles. The van der Waals surface area contributed by atoms with Crippen molar-refractivity contribution in [2.75, 3.05) is 0 Å². The van der Waals surface area contributed by atoms with Crippen molar-refractivity contribution in [2.45, 2.75) is 98.3 Å². The number of aliphatic carboxylic acids is 2. The average molecular weight is 341 g/mol. The van der Waals surface area contributed by atoms with Gasteiger partial charge in [-0.15, -0.1) is 0 Å². The number of hydrogen-bond donors (Lipinski definition) is 0. The zero-order valence-corrected chi connectivity index (χ0v) is 16.1. The third kappa shape index (κ3) is 8.16. The van der Waals surface area contributed by atoms with Crippen molar-refractivity contribution in [2.24, 2.45) is 17.3 Å². The van der Waals surface area contributed by atoms with Gasteiger partial charge in [0.25, 0.3) is 0 Å². The molecule has 4 nitrogen and oxygen atoms in total. The maximum atomic E-state index is 12.0. The number of carboxylic acids is 2. The van der Waals surface area contributed by atoms with Crippen molar-refractivity contribution >= 4 is 11.9 Å². The molecule has 2 atom stereocenters. The first kappa shape index (κ1) is 22.9. The summed E-state index contributed by atoms with van der Waals surface area (Å²) in [5.74, 6) is -2.04. The van der Waals surface area contributed by atoms with E-state index in [4.69, 9.17) is 0 Å². The molecule has 0 amide bonds. The molecule has 142 valence electrons. The Morgan fingerprint density at radius 3 is 1.50 bits per heavy atom. The summed E-state index contributed by atoms with van der Waals surface area (Å²) < 4.78 is 0. The van der Waals surface area contributed by atoms with Crippen molar-refractivity contribution in [1.82, 2.24) is 0 Å². The number of carboxylic acid groups (broad SMARTS) is 2. The Labute approximate surface area is 148 Å². The van der Waals surface area contributed by atoms with Gasteiger partial charge in [-0.05, 0) is 31.1 Å². The van der Waals surface area contributed by atoms with E-state index in [0.29, 0.717) is 12.8 Å². The van der Waals surface area contributed by atoms with Crippen molar-refractivity contribution in [3.8, 4) is 0 Å². The quantitative estimate of drug-likeness (QED) is 0.459. The van der Waals surface area contributed by atoms with Gasteiger partial charge < -0.3 is 19.8 Å². The van der Waals surface area contributed by atoms with Gasteiger partial charge in [-0.25, -0.2) is 0 Å². The van der Waals surface area contributed by atoms with Crippen LogP contribution in [0.25, 0.3) is 0 Å². The summed E-state index contributed by atoms with van der Waals surface area (Å²) in [7, 11) is 0. The Bertz CT molecular complexity index is 347. The summed E-state index contributed by atoms with van der Waals surface area (Å²) in [6, 6.07) is 0. The van der Waals surface area contributed by atoms with Crippen LogP contribution in [0.3, 0.4) is 0 Å². The van der Waals surface area contributed by atoms with Gasteiger partial charge in [0.1, 0.15) is 0 Å². The zero-order valence-electron chi connectivity index (χ0n) is 16.1. The molecule has 0 bridgehead atoms. The van der Waals surface area contributed by atoms with Gasteiger partial charge in [-0.3, -0.25) is 0 Å². The first-order valence-corrected chi connectivity index (χ1v) is 9.76. The first-order chi connectivity index (χ1) is 11.3. The van der Waals surface area contributed by atoms with Gasteiger partial charge in [0.15, 0.2) is 0 Å². The molecule has 0 rings (SSSR count). The monoisotopic (exact) mass is 340 g/mol. The molecule has 2 unspecified atom stereocenters. The summed E-state index contributed by atoms with van der Waals surface area (Å²) >= 11 is 0. The second-order valence-corrected chi connectivity index (χ2v) is 7.36. The Morgan fingerprint density at radius 1 is 0.833 bits per heavy atom. The van der Waals surface area contributed by atoms with E-state index in [-0.39, 0.29) is 11.8 Å². The summed E-state index contributed by atoms with van der Waals surface area (Å²) in [4.78, 5) is 23.3. The van der Waals surface area contributed by atoms with Gasteiger partial charge in [0.05, 0.1) is 0 Å². The molecule has 4 heteroatoms. The zero-order chi connectivity index (χ0) is 18.6. The van der Waals surface area contributed by atoms with E-state index < -0.39 is 23.8 Å². The Hall–Kier alpha value is -1.06. The van der Waals surface area contributed by atoms with Crippen LogP contribution >= 0.6 is 0 Å². The van der Waals surface area contributed by atoms with Gasteiger partial charge >= 0.3 is 0 Å². The fourth-order valence-corrected chi connectivity index (χ4v) is 3.73. The van der Waals surface area contributed by atoms with Crippen LogP contribution in [0, 0.1) is 17.3 Å². The molecule has 0 radical (unpaired) electrons.